The van der Waals surface area contributed by atoms with Gasteiger partial charge in [0.2, 0.25) is 0 Å². The van der Waals surface area contributed by atoms with E-state index in [0.717, 1.165) is 36.5 Å². The summed E-state index contributed by atoms with van der Waals surface area (Å²) in [5.74, 6) is -2.08. The lowest BCUT2D eigenvalue weighted by Gasteiger charge is -2.26. The molecule has 1 aliphatic heterocycles. The molecule has 160 valence electrons. The average molecular weight is 429 g/mol. The van der Waals surface area contributed by atoms with Gasteiger partial charge in [0, 0.05) is 40.9 Å². The average Bonchev–Trinajstić information content (AvgIpc) is 3.17. The molecule has 7 heteroatoms. The number of aromatic nitrogens is 2. The van der Waals surface area contributed by atoms with Gasteiger partial charge in [-0.25, -0.2) is 8.78 Å². The summed E-state index contributed by atoms with van der Waals surface area (Å²) >= 11 is 0. The Bertz CT molecular complexity index is 1430. The van der Waals surface area contributed by atoms with Crippen molar-refractivity contribution in [1.29, 1.82) is 5.26 Å². The topological polar surface area (TPSA) is 81.7 Å². The van der Waals surface area contributed by atoms with Crippen LogP contribution in [0.3, 0.4) is 0 Å². The number of benzene rings is 3. The fraction of sp³-hybridized carbons (Fsp3) is 0.200. The van der Waals surface area contributed by atoms with E-state index in [2.05, 4.69) is 47.3 Å². The summed E-state index contributed by atoms with van der Waals surface area (Å²) in [6, 6.07) is 11.9. The Balaban J connectivity index is 1.73. The highest BCUT2D eigenvalue weighted by molar-refractivity contribution is 5.97. The Hall–Kier alpha value is -3.76. The summed E-state index contributed by atoms with van der Waals surface area (Å²) in [5.41, 5.74) is 12.4. The molecule has 0 unspecified atom stereocenters. The molecule has 2 heterocycles. The molecule has 0 radical (unpaired) electrons. The maximum Gasteiger partial charge on any atom is 0.166 e. The van der Waals surface area contributed by atoms with Gasteiger partial charge in [0.05, 0.1) is 22.8 Å². The van der Waals surface area contributed by atoms with Crippen molar-refractivity contribution in [3.8, 4) is 28.5 Å². The Kier molecular flexibility index (Phi) is 4.68. The molecular formula is C25H21F2N5. The van der Waals surface area contributed by atoms with Crippen LogP contribution in [0.1, 0.15) is 22.3 Å². The first-order valence-corrected chi connectivity index (χ1v) is 10.3. The summed E-state index contributed by atoms with van der Waals surface area (Å²) in [5, 5.41) is 17.9. The third-order valence-corrected chi connectivity index (χ3v) is 6.18. The van der Waals surface area contributed by atoms with Gasteiger partial charge in [0.1, 0.15) is 0 Å². The smallest absolute Gasteiger partial charge is 0.166 e. The second kappa shape index (κ2) is 7.43. The largest absolute Gasteiger partial charge is 0.399 e. The number of nitrogens with two attached hydrogens (primary N) is 1. The van der Waals surface area contributed by atoms with Crippen LogP contribution in [0.5, 0.6) is 0 Å². The fourth-order valence-electron chi connectivity index (χ4n) is 4.60. The molecule has 4 aromatic rings. The Morgan fingerprint density at radius 2 is 1.94 bits per heavy atom. The lowest BCUT2D eigenvalue weighted by atomic mass is 9.91. The van der Waals surface area contributed by atoms with Crippen molar-refractivity contribution in [3.63, 3.8) is 0 Å². The van der Waals surface area contributed by atoms with E-state index in [1.165, 1.54) is 22.8 Å². The predicted molar refractivity (Wildman–Crippen MR) is 121 cm³/mol. The quantitative estimate of drug-likeness (QED) is 0.443. The van der Waals surface area contributed by atoms with Crippen LogP contribution in [-0.2, 0) is 13.0 Å². The van der Waals surface area contributed by atoms with Gasteiger partial charge in [-0.3, -0.25) is 5.10 Å². The van der Waals surface area contributed by atoms with E-state index in [1.807, 2.05) is 0 Å². The number of aryl methyl sites for hydroxylation is 1. The summed E-state index contributed by atoms with van der Waals surface area (Å²) < 4.78 is 28.7. The first-order valence-electron chi connectivity index (χ1n) is 10.3. The molecule has 3 aromatic carbocycles. The SMILES string of the molecule is Cc1cc(-c2n[nH]c3cc(C#N)c(-c4cc(N)cc(F)c4F)cc23)cc2c1CCN(C)C2. The van der Waals surface area contributed by atoms with Gasteiger partial charge in [-0.15, -0.1) is 0 Å². The number of nitriles is 1. The molecule has 5 nitrogen and oxygen atoms in total. The van der Waals surface area contributed by atoms with Crippen molar-refractivity contribution in [2.75, 3.05) is 19.3 Å². The second-order valence-electron chi connectivity index (χ2n) is 8.41. The van der Waals surface area contributed by atoms with Crippen LogP contribution < -0.4 is 5.73 Å². The normalized spacial score (nSPS) is 13.8. The number of hydrogen-bond acceptors (Lipinski definition) is 4. The number of nitrogens with one attached hydrogen (secondary N) is 1. The van der Waals surface area contributed by atoms with Crippen molar-refractivity contribution >= 4 is 16.6 Å². The third-order valence-electron chi connectivity index (χ3n) is 6.18. The highest BCUT2D eigenvalue weighted by Crippen LogP contribution is 2.37. The number of nitrogens with zero attached hydrogens (tertiary/aromatic N) is 3. The highest BCUT2D eigenvalue weighted by Gasteiger charge is 2.21. The van der Waals surface area contributed by atoms with Crippen LogP contribution >= 0.6 is 0 Å². The second-order valence-corrected chi connectivity index (χ2v) is 8.41. The Labute approximate surface area is 184 Å². The maximum absolute atomic E-state index is 14.6. The lowest BCUT2D eigenvalue weighted by molar-refractivity contribution is 0.312. The van der Waals surface area contributed by atoms with Crippen molar-refractivity contribution in [1.82, 2.24) is 15.1 Å². The van der Waals surface area contributed by atoms with E-state index < -0.39 is 11.6 Å². The van der Waals surface area contributed by atoms with Crippen molar-refractivity contribution < 1.29 is 8.78 Å². The molecule has 3 N–H and O–H groups in total. The third kappa shape index (κ3) is 3.20. The number of rotatable bonds is 2. The molecule has 1 aliphatic rings. The van der Waals surface area contributed by atoms with E-state index in [-0.39, 0.29) is 22.4 Å². The van der Waals surface area contributed by atoms with E-state index in [4.69, 9.17) is 5.73 Å². The number of anilines is 1. The van der Waals surface area contributed by atoms with Crippen molar-refractivity contribution in [3.05, 3.63) is 70.3 Å². The van der Waals surface area contributed by atoms with Gasteiger partial charge in [-0.1, -0.05) is 0 Å². The standard InChI is InChI=1S/C25H21F2N5/c1-13-5-14(6-16-12-32(2)4-3-18(13)16)25-21-10-19(15(11-28)7-23(21)30-31-25)20-8-17(29)9-22(26)24(20)27/h5-10H,3-4,12,29H2,1-2H3,(H,30,31). The number of aromatic amines is 1. The first kappa shape index (κ1) is 20.2. The van der Waals surface area contributed by atoms with Gasteiger partial charge >= 0.3 is 0 Å². The van der Waals surface area contributed by atoms with Crippen molar-refractivity contribution in [2.24, 2.45) is 0 Å². The Morgan fingerprint density at radius 1 is 1.12 bits per heavy atom. The maximum atomic E-state index is 14.6. The number of fused-ring (bicyclic) bond motifs is 2. The molecule has 32 heavy (non-hydrogen) atoms. The van der Waals surface area contributed by atoms with E-state index in [9.17, 15) is 14.0 Å². The number of H-pyrrole nitrogens is 1. The van der Waals surface area contributed by atoms with Crippen LogP contribution in [0.15, 0.2) is 36.4 Å². The molecule has 0 saturated carbocycles. The lowest BCUT2D eigenvalue weighted by Crippen LogP contribution is -2.27. The molecule has 0 aliphatic carbocycles. The molecule has 0 bridgehead atoms. The molecular weight excluding hydrogens is 408 g/mol. The molecule has 0 saturated heterocycles. The minimum absolute atomic E-state index is 0.0450. The van der Waals surface area contributed by atoms with Gasteiger partial charge in [-0.05, 0) is 73.5 Å². The summed E-state index contributed by atoms with van der Waals surface area (Å²) in [6.07, 6.45) is 1.01. The Morgan fingerprint density at radius 3 is 2.72 bits per heavy atom. The zero-order chi connectivity index (χ0) is 22.6. The van der Waals surface area contributed by atoms with E-state index >= 15 is 0 Å². The summed E-state index contributed by atoms with van der Waals surface area (Å²) in [4.78, 5) is 2.28. The molecule has 0 spiro atoms. The van der Waals surface area contributed by atoms with Crippen LogP contribution in [0.25, 0.3) is 33.3 Å². The first-order chi connectivity index (χ1) is 15.4. The highest BCUT2D eigenvalue weighted by atomic mass is 19.2. The van der Waals surface area contributed by atoms with Gasteiger partial charge in [-0.2, -0.15) is 10.4 Å². The molecule has 5 rings (SSSR count). The van der Waals surface area contributed by atoms with Gasteiger partial charge in [0.15, 0.2) is 11.6 Å². The predicted octanol–water partition coefficient (Wildman–Crippen LogP) is 4.93. The van der Waals surface area contributed by atoms with Gasteiger partial charge in [0.25, 0.3) is 0 Å². The minimum Gasteiger partial charge on any atom is -0.399 e. The molecule has 0 amide bonds. The number of hydrogen-bond donors (Lipinski definition) is 2. The number of nitrogen functional groups attached to an aromatic ring is 1. The molecule has 0 atom stereocenters. The van der Waals surface area contributed by atoms with E-state index in [1.54, 1.807) is 12.1 Å². The summed E-state index contributed by atoms with van der Waals surface area (Å²) in [7, 11) is 2.10. The number of halogens is 2. The van der Waals surface area contributed by atoms with Crippen molar-refractivity contribution in [2.45, 2.75) is 19.9 Å². The zero-order valence-electron chi connectivity index (χ0n) is 17.8. The summed E-state index contributed by atoms with van der Waals surface area (Å²) in [6.45, 7) is 4.00. The van der Waals surface area contributed by atoms with Crippen LogP contribution in [0, 0.1) is 29.9 Å². The monoisotopic (exact) mass is 429 g/mol. The molecule has 1 aromatic heterocycles. The fourth-order valence-corrected chi connectivity index (χ4v) is 4.60. The van der Waals surface area contributed by atoms with Crippen LogP contribution in [0.4, 0.5) is 14.5 Å². The minimum atomic E-state index is -1.05. The van der Waals surface area contributed by atoms with Gasteiger partial charge < -0.3 is 10.6 Å². The van der Waals surface area contributed by atoms with Crippen LogP contribution in [0.2, 0.25) is 0 Å². The van der Waals surface area contributed by atoms with E-state index in [0.29, 0.717) is 11.2 Å². The molecule has 0 fully saturated rings. The number of likely N-dealkylation sites (N-methyl/N-ethyl adjacent to an activating group) is 1. The zero-order valence-corrected chi connectivity index (χ0v) is 17.8. The van der Waals surface area contributed by atoms with Crippen LogP contribution in [-0.4, -0.2) is 28.7 Å².